The smallest absolute Gasteiger partial charge is 0.320 e. The summed E-state index contributed by atoms with van der Waals surface area (Å²) in [5.74, 6) is 0.271. The Balaban J connectivity index is 2.28. The van der Waals surface area contributed by atoms with E-state index in [1.165, 1.54) is 9.80 Å². The number of amides is 3. The number of urea groups is 1. The minimum Gasteiger partial charge on any atom is -0.383 e. The molecule has 0 bridgehead atoms. The zero-order valence-corrected chi connectivity index (χ0v) is 19.0. The van der Waals surface area contributed by atoms with Crippen molar-refractivity contribution in [1.82, 2.24) is 19.6 Å². The highest BCUT2D eigenvalue weighted by atomic mass is 16.5. The number of aryl methyl sites for hydroxylation is 1. The van der Waals surface area contributed by atoms with Gasteiger partial charge in [-0.3, -0.25) is 4.79 Å². The Bertz CT molecular complexity index is 866. The minimum absolute atomic E-state index is 0.0791. The first-order valence-corrected chi connectivity index (χ1v) is 9.95. The van der Waals surface area contributed by atoms with Crippen molar-refractivity contribution < 1.29 is 14.3 Å². The maximum Gasteiger partial charge on any atom is 0.320 e. The number of rotatable bonds is 7. The molecule has 0 atom stereocenters. The van der Waals surface area contributed by atoms with E-state index in [1.807, 2.05) is 37.3 Å². The molecule has 0 spiro atoms. The lowest BCUT2D eigenvalue weighted by molar-refractivity contribution is -0.117. The first kappa shape index (κ1) is 23.4. The third-order valence-electron chi connectivity index (χ3n) is 4.58. The summed E-state index contributed by atoms with van der Waals surface area (Å²) >= 11 is 0. The van der Waals surface area contributed by atoms with Crippen molar-refractivity contribution >= 4 is 17.8 Å². The summed E-state index contributed by atoms with van der Waals surface area (Å²) < 4.78 is 6.80. The summed E-state index contributed by atoms with van der Waals surface area (Å²) in [6.45, 7) is 8.83. The third kappa shape index (κ3) is 6.06. The van der Waals surface area contributed by atoms with Gasteiger partial charge in [0.1, 0.15) is 12.4 Å². The van der Waals surface area contributed by atoms with Crippen molar-refractivity contribution in [2.24, 2.45) is 0 Å². The van der Waals surface area contributed by atoms with Gasteiger partial charge in [-0.05, 0) is 19.1 Å². The van der Waals surface area contributed by atoms with Crippen LogP contribution in [-0.4, -0.2) is 72.4 Å². The molecule has 2 aromatic rings. The predicted octanol–water partition coefficient (Wildman–Crippen LogP) is 3.05. The molecule has 1 heterocycles. The third-order valence-corrected chi connectivity index (χ3v) is 4.58. The number of ether oxygens (including phenoxy) is 1. The molecule has 0 aliphatic carbocycles. The Morgan fingerprint density at radius 3 is 2.33 bits per heavy atom. The van der Waals surface area contributed by atoms with Crippen LogP contribution in [0.4, 0.5) is 10.6 Å². The Kier molecular flexibility index (Phi) is 7.61. The molecule has 164 valence electrons. The van der Waals surface area contributed by atoms with Gasteiger partial charge < -0.3 is 19.9 Å². The van der Waals surface area contributed by atoms with E-state index < -0.39 is 0 Å². The van der Waals surface area contributed by atoms with Crippen molar-refractivity contribution in [3.63, 3.8) is 0 Å². The van der Waals surface area contributed by atoms with Crippen LogP contribution in [0.2, 0.25) is 0 Å². The highest BCUT2D eigenvalue weighted by Gasteiger charge is 2.23. The van der Waals surface area contributed by atoms with Gasteiger partial charge in [0.2, 0.25) is 5.91 Å². The standard InChI is InChI=1S/C22H33N5O3/c1-16-8-10-17(11-9-16)27-19(14-18(24-27)22(2,3)4)23-20(28)15-26(12-13-30-7)21(29)25(5)6/h8-11,14H,12-13,15H2,1-7H3,(H,23,28). The topological polar surface area (TPSA) is 79.7 Å². The van der Waals surface area contributed by atoms with Crippen molar-refractivity contribution in [1.29, 1.82) is 0 Å². The van der Waals surface area contributed by atoms with Crippen molar-refractivity contribution in [3.8, 4) is 5.69 Å². The van der Waals surface area contributed by atoms with Crippen LogP contribution < -0.4 is 5.32 Å². The van der Waals surface area contributed by atoms with Gasteiger partial charge >= 0.3 is 6.03 Å². The summed E-state index contributed by atoms with van der Waals surface area (Å²) in [6.07, 6.45) is 0. The number of hydrogen-bond donors (Lipinski definition) is 1. The lowest BCUT2D eigenvalue weighted by Crippen LogP contribution is -2.45. The number of benzene rings is 1. The summed E-state index contributed by atoms with van der Waals surface area (Å²) in [5.41, 5.74) is 2.68. The van der Waals surface area contributed by atoms with Crippen LogP contribution in [0.15, 0.2) is 30.3 Å². The molecule has 30 heavy (non-hydrogen) atoms. The Hall–Kier alpha value is -2.87. The molecule has 0 saturated carbocycles. The van der Waals surface area contributed by atoms with Gasteiger partial charge in [0.05, 0.1) is 18.0 Å². The second-order valence-corrected chi connectivity index (χ2v) is 8.55. The first-order chi connectivity index (χ1) is 14.0. The van der Waals surface area contributed by atoms with Gasteiger partial charge in [-0.15, -0.1) is 0 Å². The maximum absolute atomic E-state index is 12.8. The fraction of sp³-hybridized carbons (Fsp3) is 0.500. The predicted molar refractivity (Wildman–Crippen MR) is 118 cm³/mol. The number of hydrogen-bond acceptors (Lipinski definition) is 4. The van der Waals surface area contributed by atoms with Gasteiger partial charge in [-0.2, -0.15) is 5.10 Å². The van der Waals surface area contributed by atoms with Crippen molar-refractivity contribution in [3.05, 3.63) is 41.6 Å². The molecular weight excluding hydrogens is 382 g/mol. The summed E-state index contributed by atoms with van der Waals surface area (Å²) in [5, 5.41) is 7.64. The molecule has 1 N–H and O–H groups in total. The highest BCUT2D eigenvalue weighted by molar-refractivity contribution is 5.94. The maximum atomic E-state index is 12.8. The van der Waals surface area contributed by atoms with E-state index in [1.54, 1.807) is 25.9 Å². The van der Waals surface area contributed by atoms with Gasteiger partial charge in [0.15, 0.2) is 0 Å². The molecule has 8 nitrogen and oxygen atoms in total. The van der Waals surface area contributed by atoms with Crippen LogP contribution in [0.5, 0.6) is 0 Å². The Morgan fingerprint density at radius 1 is 1.17 bits per heavy atom. The van der Waals surface area contributed by atoms with E-state index >= 15 is 0 Å². The minimum atomic E-state index is -0.296. The second-order valence-electron chi connectivity index (χ2n) is 8.55. The van der Waals surface area contributed by atoms with Crippen LogP contribution in [0, 0.1) is 6.92 Å². The fourth-order valence-corrected chi connectivity index (χ4v) is 2.80. The lowest BCUT2D eigenvalue weighted by Gasteiger charge is -2.25. The molecule has 1 aromatic carbocycles. The number of methoxy groups -OCH3 is 1. The molecule has 8 heteroatoms. The van der Waals surface area contributed by atoms with E-state index in [0.717, 1.165) is 16.9 Å². The number of nitrogens with zero attached hydrogens (tertiary/aromatic N) is 4. The van der Waals surface area contributed by atoms with Crippen LogP contribution >= 0.6 is 0 Å². The number of carbonyl (C=O) groups is 2. The number of carbonyl (C=O) groups excluding carboxylic acids is 2. The molecule has 0 aliphatic rings. The highest BCUT2D eigenvalue weighted by Crippen LogP contribution is 2.26. The average molecular weight is 416 g/mol. The van der Waals surface area contributed by atoms with Crippen molar-refractivity contribution in [2.45, 2.75) is 33.1 Å². The van der Waals surface area contributed by atoms with E-state index in [9.17, 15) is 9.59 Å². The van der Waals surface area contributed by atoms with Crippen LogP contribution in [0.25, 0.3) is 5.69 Å². The summed E-state index contributed by atoms with van der Waals surface area (Å²) in [7, 11) is 4.87. The molecule has 0 radical (unpaired) electrons. The second kappa shape index (κ2) is 9.75. The Morgan fingerprint density at radius 2 is 1.80 bits per heavy atom. The average Bonchev–Trinajstić information content (AvgIpc) is 3.09. The molecule has 0 fully saturated rings. The summed E-state index contributed by atoms with van der Waals surface area (Å²) in [4.78, 5) is 28.1. The summed E-state index contributed by atoms with van der Waals surface area (Å²) in [6, 6.07) is 9.56. The van der Waals surface area contributed by atoms with E-state index in [4.69, 9.17) is 9.84 Å². The van der Waals surface area contributed by atoms with Crippen LogP contribution in [0.3, 0.4) is 0 Å². The van der Waals surface area contributed by atoms with Crippen LogP contribution in [0.1, 0.15) is 32.0 Å². The largest absolute Gasteiger partial charge is 0.383 e. The first-order valence-electron chi connectivity index (χ1n) is 9.95. The molecule has 0 unspecified atom stereocenters. The van der Waals surface area contributed by atoms with Gasteiger partial charge in [0, 0.05) is 39.2 Å². The molecule has 0 saturated heterocycles. The monoisotopic (exact) mass is 415 g/mol. The fourth-order valence-electron chi connectivity index (χ4n) is 2.80. The van der Waals surface area contributed by atoms with E-state index in [-0.39, 0.29) is 23.9 Å². The molecule has 2 rings (SSSR count). The Labute approximate surface area is 178 Å². The quantitative estimate of drug-likeness (QED) is 0.754. The molecule has 3 amide bonds. The number of nitrogens with one attached hydrogen (secondary N) is 1. The SMILES string of the molecule is COCCN(CC(=O)Nc1cc(C(C)(C)C)nn1-c1ccc(C)cc1)C(=O)N(C)C. The van der Waals surface area contributed by atoms with E-state index in [2.05, 4.69) is 26.1 Å². The van der Waals surface area contributed by atoms with Gasteiger partial charge in [0.25, 0.3) is 0 Å². The molecule has 1 aromatic heterocycles. The molecule has 0 aliphatic heterocycles. The molecular formula is C22H33N5O3. The lowest BCUT2D eigenvalue weighted by atomic mass is 9.92. The van der Waals surface area contributed by atoms with E-state index in [0.29, 0.717) is 19.0 Å². The number of aromatic nitrogens is 2. The van der Waals surface area contributed by atoms with Gasteiger partial charge in [-0.25, -0.2) is 9.48 Å². The van der Waals surface area contributed by atoms with Crippen LogP contribution in [-0.2, 0) is 14.9 Å². The van der Waals surface area contributed by atoms with Crippen molar-refractivity contribution in [2.75, 3.05) is 46.2 Å². The number of anilines is 1. The normalized spacial score (nSPS) is 11.3. The zero-order valence-electron chi connectivity index (χ0n) is 19.0. The van der Waals surface area contributed by atoms with Gasteiger partial charge in [-0.1, -0.05) is 38.5 Å². The zero-order chi connectivity index (χ0) is 22.5.